The topological polar surface area (TPSA) is 87.7 Å². The van der Waals surface area contributed by atoms with Gasteiger partial charge in [0.05, 0.1) is 0 Å². The maximum absolute atomic E-state index is 12.6. The molecular weight excluding hydrogens is 435 g/mol. The zero-order valence-electron chi connectivity index (χ0n) is 16.5. The van der Waals surface area contributed by atoms with Gasteiger partial charge >= 0.3 is 12.4 Å². The fraction of sp³-hybridized carbons (Fsp3) is 0.350. The third kappa shape index (κ3) is 6.51. The van der Waals surface area contributed by atoms with Gasteiger partial charge in [-0.3, -0.25) is 4.72 Å². The number of benzene rings is 2. The highest BCUT2D eigenvalue weighted by Crippen LogP contribution is 2.30. The maximum atomic E-state index is 12.6. The number of nitrogens with zero attached hydrogens (tertiary/aromatic N) is 1. The van der Waals surface area contributed by atoms with Crippen molar-refractivity contribution in [1.29, 1.82) is 0 Å². The predicted molar refractivity (Wildman–Crippen MR) is 109 cm³/mol. The molecule has 168 valence electrons. The number of nitrogens with one attached hydrogen (secondary N) is 2. The molecule has 31 heavy (non-hydrogen) atoms. The second-order valence-corrected chi connectivity index (χ2v) is 8.66. The molecule has 0 radical (unpaired) electrons. The Bertz CT molecular complexity index is 1000. The van der Waals surface area contributed by atoms with Crippen LogP contribution in [0, 0.1) is 0 Å². The summed E-state index contributed by atoms with van der Waals surface area (Å²) in [6.07, 6.45) is -0.939. The Morgan fingerprint density at radius 2 is 1.48 bits per heavy atom. The smallest absolute Gasteiger partial charge is 0.404 e. The molecule has 0 aliphatic carbocycles. The summed E-state index contributed by atoms with van der Waals surface area (Å²) in [5, 5.41) is 2.76. The van der Waals surface area contributed by atoms with Crippen molar-refractivity contribution in [2.24, 2.45) is 0 Å². The first-order chi connectivity index (χ1) is 14.6. The first-order valence-electron chi connectivity index (χ1n) is 9.68. The summed E-state index contributed by atoms with van der Waals surface area (Å²) < 4.78 is 68.9. The number of carbonyl (C=O) groups excluding carboxylic acids is 1. The van der Waals surface area contributed by atoms with E-state index in [2.05, 4.69) is 14.8 Å². The molecule has 1 aliphatic rings. The summed E-state index contributed by atoms with van der Waals surface area (Å²) in [6.45, 7) is 1.37. The fourth-order valence-electron chi connectivity index (χ4n) is 3.19. The minimum atomic E-state index is -5.03. The van der Waals surface area contributed by atoms with Gasteiger partial charge in [0.1, 0.15) is 10.6 Å². The lowest BCUT2D eigenvalue weighted by Gasteiger charge is -2.21. The highest BCUT2D eigenvalue weighted by atomic mass is 32.2. The third-order valence-electron chi connectivity index (χ3n) is 4.65. The molecule has 0 spiro atoms. The van der Waals surface area contributed by atoms with Crippen molar-refractivity contribution >= 4 is 27.4 Å². The molecule has 1 aliphatic heterocycles. The van der Waals surface area contributed by atoms with E-state index in [9.17, 15) is 26.4 Å². The molecule has 2 aromatic rings. The molecule has 1 saturated heterocycles. The van der Waals surface area contributed by atoms with Crippen LogP contribution in [-0.4, -0.2) is 38.8 Å². The van der Waals surface area contributed by atoms with Crippen LogP contribution in [0.3, 0.4) is 0 Å². The SMILES string of the molecule is O=C(Nc1ccc(NS(=O)(=O)c2ccccc2OC(F)(F)F)cc1)N1CCCCCC1. The van der Waals surface area contributed by atoms with Crippen molar-refractivity contribution in [1.82, 2.24) is 4.90 Å². The van der Waals surface area contributed by atoms with E-state index in [0.717, 1.165) is 37.8 Å². The molecule has 0 atom stereocenters. The maximum Gasteiger partial charge on any atom is 0.573 e. The Hall–Kier alpha value is -2.95. The van der Waals surface area contributed by atoms with Crippen LogP contribution in [0.2, 0.25) is 0 Å². The highest BCUT2D eigenvalue weighted by Gasteiger charge is 2.34. The first kappa shape index (κ1) is 22.7. The lowest BCUT2D eigenvalue weighted by atomic mass is 10.2. The molecule has 1 heterocycles. The third-order valence-corrected chi connectivity index (χ3v) is 6.07. The standard InChI is InChI=1S/C20H22F3N3O4S/c21-20(22,23)30-17-7-3-4-8-18(17)31(28,29)25-16-11-9-15(10-12-16)24-19(27)26-13-5-1-2-6-14-26/h3-4,7-12,25H,1-2,5-6,13-14H2,(H,24,27). The molecule has 0 unspecified atom stereocenters. The van der Waals surface area contributed by atoms with Gasteiger partial charge in [-0.1, -0.05) is 25.0 Å². The first-order valence-corrected chi connectivity index (χ1v) is 11.2. The van der Waals surface area contributed by atoms with E-state index in [-0.39, 0.29) is 11.7 Å². The number of alkyl halides is 3. The van der Waals surface area contributed by atoms with Crippen molar-refractivity contribution in [3.8, 4) is 5.75 Å². The number of rotatable bonds is 5. The molecule has 2 N–H and O–H groups in total. The van der Waals surface area contributed by atoms with E-state index in [1.54, 1.807) is 4.90 Å². The number of sulfonamides is 1. The lowest BCUT2D eigenvalue weighted by molar-refractivity contribution is -0.275. The van der Waals surface area contributed by atoms with Crippen molar-refractivity contribution in [2.45, 2.75) is 36.9 Å². The molecule has 0 aromatic heterocycles. The van der Waals surface area contributed by atoms with Crippen LogP contribution in [0.15, 0.2) is 53.4 Å². The van der Waals surface area contributed by atoms with E-state index >= 15 is 0 Å². The second-order valence-electron chi connectivity index (χ2n) is 7.01. The Labute approximate surface area is 178 Å². The number of carbonyl (C=O) groups is 1. The minimum absolute atomic E-state index is 0.120. The molecule has 3 rings (SSSR count). The van der Waals surface area contributed by atoms with Gasteiger partial charge < -0.3 is 15.0 Å². The highest BCUT2D eigenvalue weighted by molar-refractivity contribution is 7.92. The number of para-hydroxylation sites is 1. The Balaban J connectivity index is 1.69. The summed E-state index contributed by atoms with van der Waals surface area (Å²) in [5.74, 6) is -0.830. The largest absolute Gasteiger partial charge is 0.573 e. The van der Waals surface area contributed by atoms with Crippen molar-refractivity contribution in [3.63, 3.8) is 0 Å². The zero-order valence-corrected chi connectivity index (χ0v) is 17.3. The quantitative estimate of drug-likeness (QED) is 0.676. The molecule has 2 amide bonds. The summed E-state index contributed by atoms with van der Waals surface area (Å²) >= 11 is 0. The van der Waals surface area contributed by atoms with E-state index in [4.69, 9.17) is 0 Å². The van der Waals surface area contributed by atoms with E-state index in [1.165, 1.54) is 36.4 Å². The second kappa shape index (κ2) is 9.46. The van der Waals surface area contributed by atoms with Gasteiger partial charge in [-0.15, -0.1) is 13.2 Å². The summed E-state index contributed by atoms with van der Waals surface area (Å²) in [5.41, 5.74) is 0.590. The fourth-order valence-corrected chi connectivity index (χ4v) is 4.38. The molecule has 0 bridgehead atoms. The molecule has 7 nitrogen and oxygen atoms in total. The van der Waals surface area contributed by atoms with E-state index < -0.39 is 27.0 Å². The lowest BCUT2D eigenvalue weighted by Crippen LogP contribution is -2.35. The van der Waals surface area contributed by atoms with Gasteiger partial charge in [0.25, 0.3) is 10.0 Å². The molecule has 11 heteroatoms. The summed E-state index contributed by atoms with van der Waals surface area (Å²) in [7, 11) is -4.34. The molecule has 0 saturated carbocycles. The van der Waals surface area contributed by atoms with Crippen LogP contribution in [0.25, 0.3) is 0 Å². The zero-order chi connectivity index (χ0) is 22.5. The van der Waals surface area contributed by atoms with Crippen LogP contribution in [0.1, 0.15) is 25.7 Å². The van der Waals surface area contributed by atoms with Crippen molar-refractivity contribution in [2.75, 3.05) is 23.1 Å². The van der Waals surface area contributed by atoms with Crippen LogP contribution < -0.4 is 14.8 Å². The Morgan fingerprint density at radius 3 is 2.10 bits per heavy atom. The molecular formula is C20H22F3N3O4S. The van der Waals surface area contributed by atoms with Gasteiger partial charge in [-0.25, -0.2) is 13.2 Å². The van der Waals surface area contributed by atoms with Crippen LogP contribution in [0.4, 0.5) is 29.3 Å². The number of likely N-dealkylation sites (tertiary alicyclic amines) is 1. The summed E-state index contributed by atoms with van der Waals surface area (Å²) in [4.78, 5) is 13.5. The minimum Gasteiger partial charge on any atom is -0.404 e. The van der Waals surface area contributed by atoms with Gasteiger partial charge in [0.15, 0.2) is 0 Å². The van der Waals surface area contributed by atoms with E-state index in [0.29, 0.717) is 18.8 Å². The van der Waals surface area contributed by atoms with Gasteiger partial charge in [-0.05, 0) is 49.2 Å². The average molecular weight is 457 g/mol. The van der Waals surface area contributed by atoms with Crippen molar-refractivity contribution < 1.29 is 31.1 Å². The van der Waals surface area contributed by atoms with Crippen LogP contribution >= 0.6 is 0 Å². The van der Waals surface area contributed by atoms with Crippen molar-refractivity contribution in [3.05, 3.63) is 48.5 Å². The van der Waals surface area contributed by atoms with Crippen LogP contribution in [0.5, 0.6) is 5.75 Å². The average Bonchev–Trinajstić information content (AvgIpc) is 2.98. The number of amides is 2. The number of ether oxygens (including phenoxy) is 1. The van der Waals surface area contributed by atoms with Gasteiger partial charge in [-0.2, -0.15) is 0 Å². The molecule has 2 aromatic carbocycles. The normalized spacial score (nSPS) is 15.1. The predicted octanol–water partition coefficient (Wildman–Crippen LogP) is 4.79. The summed E-state index contributed by atoms with van der Waals surface area (Å²) in [6, 6.07) is 10.1. The molecule has 1 fully saturated rings. The van der Waals surface area contributed by atoms with Gasteiger partial charge in [0.2, 0.25) is 0 Å². The van der Waals surface area contributed by atoms with E-state index in [1.807, 2.05) is 0 Å². The Morgan fingerprint density at radius 1 is 0.903 bits per heavy atom. The van der Waals surface area contributed by atoms with Gasteiger partial charge in [0, 0.05) is 24.5 Å². The number of anilines is 2. The number of urea groups is 1. The monoisotopic (exact) mass is 457 g/mol. The van der Waals surface area contributed by atoms with Crippen LogP contribution in [-0.2, 0) is 10.0 Å². The Kier molecular flexibility index (Phi) is 6.94. The number of hydrogen-bond acceptors (Lipinski definition) is 4. The number of hydrogen-bond donors (Lipinski definition) is 2. The number of halogens is 3.